The van der Waals surface area contributed by atoms with Crippen LogP contribution >= 0.6 is 0 Å². The fourth-order valence-corrected chi connectivity index (χ4v) is 2.78. The molecular weight excluding hydrogens is 280 g/mol. The Morgan fingerprint density at radius 2 is 1.86 bits per heavy atom. The molecule has 4 heteroatoms. The van der Waals surface area contributed by atoms with Gasteiger partial charge in [-0.2, -0.15) is 0 Å². The Hall–Kier alpha value is -2.10. The fraction of sp³-hybridized carbons (Fsp3) is 0.444. The molecule has 0 bridgehead atoms. The lowest BCUT2D eigenvalue weighted by Gasteiger charge is -2.14. The molecule has 0 aromatic heterocycles. The molecule has 1 N–H and O–H groups in total. The minimum Gasteiger partial charge on any atom is -0.478 e. The molecular formula is C18H22O4. The Labute approximate surface area is 130 Å². The molecule has 22 heavy (non-hydrogen) atoms. The van der Waals surface area contributed by atoms with Gasteiger partial charge in [-0.05, 0) is 37.5 Å². The van der Waals surface area contributed by atoms with Crippen LogP contribution in [-0.4, -0.2) is 23.1 Å². The van der Waals surface area contributed by atoms with Gasteiger partial charge in [-0.25, -0.2) is 9.59 Å². The smallest absolute Gasteiger partial charge is 0.335 e. The highest BCUT2D eigenvalue weighted by molar-refractivity contribution is 6.02. The zero-order valence-corrected chi connectivity index (χ0v) is 13.1. The number of cyclic esters (lactones) is 1. The largest absolute Gasteiger partial charge is 0.478 e. The van der Waals surface area contributed by atoms with Crippen molar-refractivity contribution in [1.29, 1.82) is 0 Å². The van der Waals surface area contributed by atoms with Crippen LogP contribution in [-0.2, 0) is 9.53 Å². The van der Waals surface area contributed by atoms with Gasteiger partial charge >= 0.3 is 11.9 Å². The monoisotopic (exact) mass is 302 g/mol. The number of carbonyl (C=O) groups is 2. The standard InChI is InChI=1S/C18H22O4/c1-3-4-5-6-7-15-16(12(2)18(21)22-15)13-8-10-14(11-9-13)17(19)20/h8-11,15H,3-7H2,1-2H3,(H,19,20). The van der Waals surface area contributed by atoms with Crippen molar-refractivity contribution in [3.05, 3.63) is 41.0 Å². The second-order valence-electron chi connectivity index (χ2n) is 5.66. The van der Waals surface area contributed by atoms with Crippen molar-refractivity contribution < 1.29 is 19.4 Å². The van der Waals surface area contributed by atoms with E-state index in [1.54, 1.807) is 31.2 Å². The van der Waals surface area contributed by atoms with Crippen LogP contribution in [0.2, 0.25) is 0 Å². The molecule has 1 aromatic rings. The van der Waals surface area contributed by atoms with Crippen molar-refractivity contribution in [3.63, 3.8) is 0 Å². The summed E-state index contributed by atoms with van der Waals surface area (Å²) in [4.78, 5) is 22.8. The van der Waals surface area contributed by atoms with Gasteiger partial charge < -0.3 is 9.84 Å². The number of esters is 1. The highest BCUT2D eigenvalue weighted by Crippen LogP contribution is 2.34. The van der Waals surface area contributed by atoms with Gasteiger partial charge in [-0.15, -0.1) is 0 Å². The van der Waals surface area contributed by atoms with E-state index in [1.807, 2.05) is 0 Å². The van der Waals surface area contributed by atoms with Crippen molar-refractivity contribution in [2.45, 2.75) is 52.1 Å². The van der Waals surface area contributed by atoms with Crippen molar-refractivity contribution >= 4 is 17.5 Å². The maximum absolute atomic E-state index is 11.9. The van der Waals surface area contributed by atoms with Crippen molar-refractivity contribution in [3.8, 4) is 0 Å². The molecule has 1 aliphatic heterocycles. The normalized spacial score (nSPS) is 17.7. The second kappa shape index (κ2) is 7.25. The third kappa shape index (κ3) is 3.56. The zero-order valence-electron chi connectivity index (χ0n) is 13.1. The molecule has 0 saturated heterocycles. The summed E-state index contributed by atoms with van der Waals surface area (Å²) >= 11 is 0. The van der Waals surface area contributed by atoms with Crippen LogP contribution in [0, 0.1) is 0 Å². The van der Waals surface area contributed by atoms with E-state index < -0.39 is 5.97 Å². The first kappa shape index (κ1) is 16.3. The summed E-state index contributed by atoms with van der Waals surface area (Å²) in [5, 5.41) is 8.96. The summed E-state index contributed by atoms with van der Waals surface area (Å²) in [5.41, 5.74) is 2.64. The maximum atomic E-state index is 11.9. The van der Waals surface area contributed by atoms with E-state index in [-0.39, 0.29) is 17.6 Å². The predicted molar refractivity (Wildman–Crippen MR) is 84.6 cm³/mol. The molecule has 0 fully saturated rings. The number of carboxylic acid groups (broad SMARTS) is 1. The first-order valence-corrected chi connectivity index (χ1v) is 7.80. The van der Waals surface area contributed by atoms with Crippen molar-refractivity contribution in [1.82, 2.24) is 0 Å². The molecule has 0 amide bonds. The van der Waals surface area contributed by atoms with E-state index >= 15 is 0 Å². The topological polar surface area (TPSA) is 63.6 Å². The molecule has 0 aliphatic carbocycles. The molecule has 0 spiro atoms. The van der Waals surface area contributed by atoms with Crippen LogP contribution in [0.4, 0.5) is 0 Å². The molecule has 0 saturated carbocycles. The van der Waals surface area contributed by atoms with Crippen molar-refractivity contribution in [2.24, 2.45) is 0 Å². The van der Waals surface area contributed by atoms with Gasteiger partial charge in [0.2, 0.25) is 0 Å². The number of benzene rings is 1. The lowest BCUT2D eigenvalue weighted by atomic mass is 9.93. The van der Waals surface area contributed by atoms with Crippen LogP contribution < -0.4 is 0 Å². The maximum Gasteiger partial charge on any atom is 0.335 e. The van der Waals surface area contributed by atoms with E-state index in [0.29, 0.717) is 5.57 Å². The molecule has 1 aliphatic rings. The fourth-order valence-electron chi connectivity index (χ4n) is 2.78. The molecule has 2 rings (SSSR count). The van der Waals surface area contributed by atoms with E-state index in [0.717, 1.165) is 30.4 Å². The third-order valence-electron chi connectivity index (χ3n) is 4.04. The predicted octanol–water partition coefficient (Wildman–Crippen LogP) is 4.05. The highest BCUT2D eigenvalue weighted by atomic mass is 16.5. The van der Waals surface area contributed by atoms with E-state index in [4.69, 9.17) is 9.84 Å². The molecule has 118 valence electrons. The minimum atomic E-state index is -0.952. The Balaban J connectivity index is 2.16. The lowest BCUT2D eigenvalue weighted by molar-refractivity contribution is -0.139. The van der Waals surface area contributed by atoms with Gasteiger partial charge in [0.25, 0.3) is 0 Å². The molecule has 1 heterocycles. The SMILES string of the molecule is CCCCCCC1OC(=O)C(C)=C1c1ccc(C(=O)O)cc1. The van der Waals surface area contributed by atoms with Gasteiger partial charge in [-0.3, -0.25) is 0 Å². The third-order valence-corrected chi connectivity index (χ3v) is 4.04. The number of hydrogen-bond acceptors (Lipinski definition) is 3. The Bertz CT molecular complexity index is 584. The minimum absolute atomic E-state index is 0.208. The summed E-state index contributed by atoms with van der Waals surface area (Å²) in [5.74, 6) is -1.22. The number of rotatable bonds is 7. The summed E-state index contributed by atoms with van der Waals surface area (Å²) in [6.45, 7) is 3.93. The number of carboxylic acids is 1. The van der Waals surface area contributed by atoms with Crippen LogP contribution in [0.5, 0.6) is 0 Å². The summed E-state index contributed by atoms with van der Waals surface area (Å²) in [6, 6.07) is 6.64. The molecule has 4 nitrogen and oxygen atoms in total. The van der Waals surface area contributed by atoms with Crippen molar-refractivity contribution in [2.75, 3.05) is 0 Å². The van der Waals surface area contributed by atoms with Gasteiger partial charge in [0.15, 0.2) is 0 Å². The van der Waals surface area contributed by atoms with E-state index in [2.05, 4.69) is 6.92 Å². The number of carbonyl (C=O) groups excluding carboxylic acids is 1. The summed E-state index contributed by atoms with van der Waals surface area (Å²) in [6.07, 6.45) is 5.12. The Morgan fingerprint density at radius 3 is 2.45 bits per heavy atom. The first-order valence-electron chi connectivity index (χ1n) is 7.80. The molecule has 1 atom stereocenters. The van der Waals surface area contributed by atoms with Crippen LogP contribution in [0.25, 0.3) is 5.57 Å². The average Bonchev–Trinajstić information content (AvgIpc) is 2.79. The highest BCUT2D eigenvalue weighted by Gasteiger charge is 2.31. The van der Waals surface area contributed by atoms with Gasteiger partial charge in [0.1, 0.15) is 6.10 Å². The number of hydrogen-bond donors (Lipinski definition) is 1. The molecule has 1 aromatic carbocycles. The van der Waals surface area contributed by atoms with E-state index in [1.165, 1.54) is 12.8 Å². The van der Waals surface area contributed by atoms with Crippen LogP contribution in [0.15, 0.2) is 29.8 Å². The van der Waals surface area contributed by atoms with Gasteiger partial charge in [-0.1, -0.05) is 38.3 Å². The van der Waals surface area contributed by atoms with Crippen LogP contribution in [0.3, 0.4) is 0 Å². The van der Waals surface area contributed by atoms with E-state index in [9.17, 15) is 9.59 Å². The molecule has 0 radical (unpaired) electrons. The first-order chi connectivity index (χ1) is 10.5. The van der Waals surface area contributed by atoms with Gasteiger partial charge in [0, 0.05) is 11.1 Å². The Kier molecular flexibility index (Phi) is 5.36. The van der Waals surface area contributed by atoms with Gasteiger partial charge in [0.05, 0.1) is 5.56 Å². The number of aromatic carboxylic acids is 1. The summed E-state index contributed by atoms with van der Waals surface area (Å²) in [7, 11) is 0. The van der Waals surface area contributed by atoms with Crippen LogP contribution in [0.1, 0.15) is 61.9 Å². The number of unbranched alkanes of at least 4 members (excludes halogenated alkanes) is 3. The number of ether oxygens (including phenoxy) is 1. The zero-order chi connectivity index (χ0) is 16.1. The quantitative estimate of drug-likeness (QED) is 0.609. The molecule has 1 unspecified atom stereocenters. The Morgan fingerprint density at radius 1 is 1.18 bits per heavy atom. The summed E-state index contributed by atoms with van der Waals surface area (Å²) < 4.78 is 5.47. The second-order valence-corrected chi connectivity index (χ2v) is 5.66. The lowest BCUT2D eigenvalue weighted by Crippen LogP contribution is -2.11. The average molecular weight is 302 g/mol.